The van der Waals surface area contributed by atoms with E-state index in [0.29, 0.717) is 60.0 Å². The van der Waals surface area contributed by atoms with Crippen LogP contribution in [0.25, 0.3) is 11.4 Å². The predicted octanol–water partition coefficient (Wildman–Crippen LogP) is 3.27. The number of aromatic nitrogens is 1. The fraction of sp³-hybridized carbons (Fsp3) is 0.333. The minimum Gasteiger partial charge on any atom is -0.387 e. The van der Waals surface area contributed by atoms with Crippen molar-refractivity contribution in [2.45, 2.75) is 33.7 Å². The van der Waals surface area contributed by atoms with Gasteiger partial charge in [-0.25, -0.2) is 9.37 Å². The number of carbonyl (C=O) groups is 1. The van der Waals surface area contributed by atoms with Crippen LogP contribution in [0, 0.1) is 11.8 Å². The summed E-state index contributed by atoms with van der Waals surface area (Å²) in [6, 6.07) is 1.85. The second-order valence-corrected chi connectivity index (χ2v) is 8.75. The molecule has 1 aromatic rings. The van der Waals surface area contributed by atoms with E-state index in [1.807, 2.05) is 26.0 Å². The molecule has 1 saturated heterocycles. The molecule has 1 N–H and O–H groups in total. The van der Waals surface area contributed by atoms with Gasteiger partial charge in [0.25, 0.3) is 5.91 Å². The molecule has 1 unspecified atom stereocenters. The van der Waals surface area contributed by atoms with E-state index in [0.717, 1.165) is 11.6 Å². The second kappa shape index (κ2) is 12.4. The smallest absolute Gasteiger partial charge is 0.258 e. The number of rotatable bonds is 7. The van der Waals surface area contributed by atoms with E-state index in [4.69, 9.17) is 9.72 Å². The summed E-state index contributed by atoms with van der Waals surface area (Å²) in [4.78, 5) is 22.2. The number of amides is 1. The number of pyridine rings is 1. The number of anilines is 2. The molecule has 1 fully saturated rings. The monoisotopic (exact) mass is 502 g/mol. The molecule has 3 rings (SSSR count). The van der Waals surface area contributed by atoms with Crippen molar-refractivity contribution in [3.8, 4) is 11.8 Å². The van der Waals surface area contributed by atoms with Crippen molar-refractivity contribution in [1.82, 2.24) is 10.3 Å². The molecule has 2 aliphatic heterocycles. The van der Waals surface area contributed by atoms with Crippen LogP contribution in [0.1, 0.15) is 27.7 Å². The molecule has 0 saturated carbocycles. The Morgan fingerprint density at radius 3 is 2.73 bits per heavy atom. The van der Waals surface area contributed by atoms with Crippen molar-refractivity contribution in [3.05, 3.63) is 77.0 Å². The first-order valence-corrected chi connectivity index (χ1v) is 12.3. The first kappa shape index (κ1) is 27.7. The Morgan fingerprint density at radius 1 is 1.38 bits per heavy atom. The molecule has 0 radical (unpaired) electrons. The number of nitrogens with zero attached hydrogens (tertiary/aromatic N) is 3. The molecule has 1 amide bonds. The summed E-state index contributed by atoms with van der Waals surface area (Å²) in [5.41, 5.74) is 3.14. The number of halogens is 1. The standard InChI is InChI=1S/C30H35FN4O2/c1-8-12-14-25(32-7)21(6)29-28(24(31)11-4)26(17-27(33-29)34-15-16-37-19-20(34)5)35-18-22(13-9-2)23(10-3)30(35)36/h9-11,13-14,17,20,32H,3-4,15-16,18-19H2,1-2,5-7H3/b13-9-,25-14-,28-24+,29-21-. The number of hydrogen-bond donors (Lipinski definition) is 1. The molecule has 0 aliphatic carbocycles. The van der Waals surface area contributed by atoms with Crippen LogP contribution in [0.3, 0.4) is 0 Å². The van der Waals surface area contributed by atoms with Gasteiger partial charge in [0.2, 0.25) is 0 Å². The molecule has 0 spiro atoms. The minimum absolute atomic E-state index is 0.0568. The molecule has 0 aromatic carbocycles. The van der Waals surface area contributed by atoms with E-state index in [2.05, 4.69) is 42.1 Å². The zero-order valence-corrected chi connectivity index (χ0v) is 22.3. The molecule has 3 heterocycles. The summed E-state index contributed by atoms with van der Waals surface area (Å²) in [5, 5.41) is 3.77. The summed E-state index contributed by atoms with van der Waals surface area (Å²) >= 11 is 0. The van der Waals surface area contributed by atoms with Crippen LogP contribution in [-0.4, -0.2) is 50.3 Å². The highest BCUT2D eigenvalue weighted by atomic mass is 19.1. The van der Waals surface area contributed by atoms with Crippen molar-refractivity contribution in [1.29, 1.82) is 0 Å². The maximum absolute atomic E-state index is 15.7. The lowest BCUT2D eigenvalue weighted by Crippen LogP contribution is -2.47. The third kappa shape index (κ3) is 5.60. The Hall–Kier alpha value is -3.89. The van der Waals surface area contributed by atoms with Gasteiger partial charge in [0.05, 0.1) is 42.1 Å². The van der Waals surface area contributed by atoms with Gasteiger partial charge in [-0.2, -0.15) is 0 Å². The zero-order valence-electron chi connectivity index (χ0n) is 22.3. The van der Waals surface area contributed by atoms with Crippen LogP contribution in [0.2, 0.25) is 0 Å². The van der Waals surface area contributed by atoms with Gasteiger partial charge in [0.15, 0.2) is 0 Å². The van der Waals surface area contributed by atoms with Crippen molar-refractivity contribution in [2.24, 2.45) is 0 Å². The van der Waals surface area contributed by atoms with E-state index in [9.17, 15) is 4.79 Å². The average molecular weight is 503 g/mol. The molecule has 7 heteroatoms. The normalized spacial score (nSPS) is 20.1. The van der Waals surface area contributed by atoms with Gasteiger partial charge in [0, 0.05) is 37.0 Å². The largest absolute Gasteiger partial charge is 0.387 e. The van der Waals surface area contributed by atoms with Gasteiger partial charge >= 0.3 is 0 Å². The van der Waals surface area contributed by atoms with Crippen LogP contribution in [-0.2, 0) is 9.53 Å². The Labute approximate surface area is 218 Å². The van der Waals surface area contributed by atoms with Gasteiger partial charge in [-0.15, -0.1) is 5.92 Å². The Bertz CT molecular complexity index is 1370. The number of hydrogen-bond acceptors (Lipinski definition) is 5. The molecule has 2 aliphatic rings. The quantitative estimate of drug-likeness (QED) is 0.580. The molecule has 0 bridgehead atoms. The van der Waals surface area contributed by atoms with Gasteiger partial charge in [0.1, 0.15) is 11.6 Å². The summed E-state index contributed by atoms with van der Waals surface area (Å²) in [6.45, 7) is 17.1. The lowest BCUT2D eigenvalue weighted by molar-refractivity contribution is -0.114. The van der Waals surface area contributed by atoms with Crippen molar-refractivity contribution >= 4 is 28.8 Å². The van der Waals surface area contributed by atoms with E-state index >= 15 is 4.39 Å². The fourth-order valence-corrected chi connectivity index (χ4v) is 4.56. The molecule has 37 heavy (non-hydrogen) atoms. The number of allylic oxidation sites excluding steroid dienone is 4. The number of carbonyl (C=O) groups excluding carboxylic acids is 1. The first-order valence-electron chi connectivity index (χ1n) is 12.3. The number of ether oxygens (including phenoxy) is 1. The highest BCUT2D eigenvalue weighted by molar-refractivity contribution is 6.12. The van der Waals surface area contributed by atoms with Gasteiger partial charge < -0.3 is 19.9 Å². The fourth-order valence-electron chi connectivity index (χ4n) is 4.56. The second-order valence-electron chi connectivity index (χ2n) is 8.75. The molecular weight excluding hydrogens is 467 g/mol. The van der Waals surface area contributed by atoms with E-state index in [1.54, 1.807) is 37.1 Å². The van der Waals surface area contributed by atoms with Gasteiger partial charge in [-0.1, -0.05) is 37.3 Å². The lowest BCUT2D eigenvalue weighted by Gasteiger charge is -2.35. The highest BCUT2D eigenvalue weighted by Crippen LogP contribution is 2.28. The van der Waals surface area contributed by atoms with Gasteiger partial charge in [-0.3, -0.25) is 4.79 Å². The SMILES string of the molecule is C=CC1=C(/C=C\C)CN(c2cc(N3CCOCC3C)nc(=C(C)\C(=C\C#CC)NC)/c2=C(/F)C=C)C1=O. The van der Waals surface area contributed by atoms with Crippen LogP contribution in [0.5, 0.6) is 0 Å². The van der Waals surface area contributed by atoms with Gasteiger partial charge in [-0.05, 0) is 44.9 Å². The molecule has 1 atom stereocenters. The maximum atomic E-state index is 15.7. The van der Waals surface area contributed by atoms with Crippen LogP contribution in [0.4, 0.5) is 15.9 Å². The molecular formula is C30H35FN4O2. The van der Waals surface area contributed by atoms with E-state index in [-0.39, 0.29) is 17.2 Å². The zero-order chi connectivity index (χ0) is 27.1. The average Bonchev–Trinajstić information content (AvgIpc) is 3.22. The third-order valence-electron chi connectivity index (χ3n) is 6.47. The van der Waals surface area contributed by atoms with E-state index < -0.39 is 5.83 Å². The van der Waals surface area contributed by atoms with Crippen LogP contribution in [0.15, 0.2) is 66.4 Å². The predicted molar refractivity (Wildman–Crippen MR) is 150 cm³/mol. The van der Waals surface area contributed by atoms with Crippen molar-refractivity contribution in [2.75, 3.05) is 43.2 Å². The summed E-state index contributed by atoms with van der Waals surface area (Å²) in [5.74, 6) is 5.64. The topological polar surface area (TPSA) is 57.7 Å². The van der Waals surface area contributed by atoms with E-state index in [1.165, 1.54) is 0 Å². The molecule has 6 nitrogen and oxygen atoms in total. The Balaban J connectivity index is 2.46. The molecule has 194 valence electrons. The molecule has 1 aromatic heterocycles. The lowest BCUT2D eigenvalue weighted by atomic mass is 10.1. The van der Waals surface area contributed by atoms with Crippen molar-refractivity contribution in [3.63, 3.8) is 0 Å². The summed E-state index contributed by atoms with van der Waals surface area (Å²) in [6.07, 6.45) is 8.21. The minimum atomic E-state index is -0.567. The summed E-state index contributed by atoms with van der Waals surface area (Å²) < 4.78 is 21.3. The Morgan fingerprint density at radius 2 is 2.14 bits per heavy atom. The van der Waals surface area contributed by atoms with Crippen molar-refractivity contribution < 1.29 is 13.9 Å². The van der Waals surface area contributed by atoms with Crippen LogP contribution < -0.4 is 25.7 Å². The number of morpholine rings is 1. The maximum Gasteiger partial charge on any atom is 0.258 e. The Kier molecular flexibility index (Phi) is 9.26. The highest BCUT2D eigenvalue weighted by Gasteiger charge is 2.31. The summed E-state index contributed by atoms with van der Waals surface area (Å²) in [7, 11) is 1.78. The third-order valence-corrected chi connectivity index (χ3v) is 6.47. The number of nitrogens with one attached hydrogen (secondary N) is 1. The van der Waals surface area contributed by atoms with Crippen LogP contribution >= 0.6 is 0 Å². The first-order chi connectivity index (χ1) is 17.8.